The number of aliphatic hydroxyl groups excluding tert-OH is 1. The lowest BCUT2D eigenvalue weighted by Crippen LogP contribution is -2.41. The van der Waals surface area contributed by atoms with Gasteiger partial charge in [-0.05, 0) is 32.4 Å². The smallest absolute Gasteiger partial charge is 0.153 e. The number of β-amino-alcohol motifs (C(OH)–C–C–N with tert-alkyl or cyclic N) is 1. The number of piperidine rings is 1. The topological polar surface area (TPSA) is 61.7 Å². The molecule has 22 heavy (non-hydrogen) atoms. The second-order valence-corrected chi connectivity index (χ2v) is 6.17. The highest BCUT2D eigenvalue weighted by molar-refractivity contribution is 5.04. The summed E-state index contributed by atoms with van der Waals surface area (Å²) in [6.45, 7) is 5.66. The van der Waals surface area contributed by atoms with Crippen molar-refractivity contribution in [2.75, 3.05) is 46.9 Å². The second kappa shape index (κ2) is 9.15. The van der Waals surface area contributed by atoms with E-state index in [4.69, 9.17) is 9.84 Å². The summed E-state index contributed by atoms with van der Waals surface area (Å²) in [5.74, 6) is 1.40. The van der Waals surface area contributed by atoms with Crippen molar-refractivity contribution in [1.82, 2.24) is 19.8 Å². The number of aliphatic hydroxyl groups is 1. The molecule has 0 bridgehead atoms. The minimum atomic E-state index is 0.258. The molecule has 1 atom stereocenters. The number of rotatable bonds is 8. The average Bonchev–Trinajstić information content (AvgIpc) is 2.50. The van der Waals surface area contributed by atoms with Crippen molar-refractivity contribution in [3.63, 3.8) is 0 Å². The molecule has 1 saturated heterocycles. The van der Waals surface area contributed by atoms with Crippen molar-refractivity contribution in [1.29, 1.82) is 0 Å². The maximum Gasteiger partial charge on any atom is 0.153 e. The summed E-state index contributed by atoms with van der Waals surface area (Å²) < 4.78 is 5.02. The van der Waals surface area contributed by atoms with Gasteiger partial charge in [-0.3, -0.25) is 0 Å². The van der Waals surface area contributed by atoms with Gasteiger partial charge in [0.2, 0.25) is 0 Å². The summed E-state index contributed by atoms with van der Waals surface area (Å²) in [7, 11) is 3.79. The van der Waals surface area contributed by atoms with Crippen LogP contribution in [0.5, 0.6) is 0 Å². The van der Waals surface area contributed by atoms with Gasteiger partial charge in [-0.15, -0.1) is 0 Å². The van der Waals surface area contributed by atoms with Crippen molar-refractivity contribution in [3.05, 3.63) is 23.8 Å². The molecule has 1 N–H and O–H groups in total. The monoisotopic (exact) mass is 308 g/mol. The van der Waals surface area contributed by atoms with Crippen LogP contribution in [-0.4, -0.2) is 71.8 Å². The van der Waals surface area contributed by atoms with Gasteiger partial charge in [0.15, 0.2) is 5.82 Å². The largest absolute Gasteiger partial charge is 0.395 e. The summed E-state index contributed by atoms with van der Waals surface area (Å²) in [6.07, 6.45) is 6.27. The van der Waals surface area contributed by atoms with E-state index < -0.39 is 0 Å². The van der Waals surface area contributed by atoms with E-state index in [0.29, 0.717) is 12.5 Å². The first-order chi connectivity index (χ1) is 10.7. The van der Waals surface area contributed by atoms with Gasteiger partial charge in [-0.2, -0.15) is 0 Å². The second-order valence-electron chi connectivity index (χ2n) is 6.17. The van der Waals surface area contributed by atoms with Crippen LogP contribution in [-0.2, 0) is 17.9 Å². The minimum absolute atomic E-state index is 0.258. The Balaban J connectivity index is 1.78. The van der Waals surface area contributed by atoms with Crippen LogP contribution in [0.15, 0.2) is 12.4 Å². The highest BCUT2D eigenvalue weighted by Crippen LogP contribution is 2.17. The molecule has 2 heterocycles. The van der Waals surface area contributed by atoms with E-state index in [1.807, 2.05) is 12.4 Å². The minimum Gasteiger partial charge on any atom is -0.395 e. The molecule has 0 saturated carbocycles. The third-order valence-electron chi connectivity index (χ3n) is 4.07. The molecule has 6 nitrogen and oxygen atoms in total. The Bertz CT molecular complexity index is 425. The van der Waals surface area contributed by atoms with Gasteiger partial charge in [-0.25, -0.2) is 9.97 Å². The van der Waals surface area contributed by atoms with E-state index in [9.17, 15) is 0 Å². The predicted octanol–water partition coefficient (Wildman–Crippen LogP) is 0.759. The third kappa shape index (κ3) is 5.61. The molecule has 1 aromatic rings. The van der Waals surface area contributed by atoms with E-state index >= 15 is 0 Å². The zero-order valence-corrected chi connectivity index (χ0v) is 13.7. The lowest BCUT2D eigenvalue weighted by Gasteiger charge is -2.34. The van der Waals surface area contributed by atoms with E-state index in [-0.39, 0.29) is 6.61 Å². The normalized spacial score (nSPS) is 19.7. The zero-order chi connectivity index (χ0) is 15.8. The van der Waals surface area contributed by atoms with Crippen LogP contribution in [0.2, 0.25) is 0 Å². The molecule has 1 aliphatic heterocycles. The lowest BCUT2D eigenvalue weighted by molar-refractivity contribution is 0.119. The first kappa shape index (κ1) is 17.3. The molecule has 2 rings (SSSR count). The number of ether oxygens (including phenoxy) is 1. The number of likely N-dealkylation sites (tertiary alicyclic amines) is 1. The van der Waals surface area contributed by atoms with E-state index in [2.05, 4.69) is 26.8 Å². The van der Waals surface area contributed by atoms with Crippen molar-refractivity contribution in [3.8, 4) is 0 Å². The molecule has 0 amide bonds. The van der Waals surface area contributed by atoms with Crippen LogP contribution in [0, 0.1) is 5.92 Å². The van der Waals surface area contributed by atoms with E-state index in [1.165, 1.54) is 12.8 Å². The molecule has 1 aromatic heterocycles. The molecular weight excluding hydrogens is 280 g/mol. The van der Waals surface area contributed by atoms with Gasteiger partial charge < -0.3 is 19.6 Å². The van der Waals surface area contributed by atoms with E-state index in [1.54, 1.807) is 7.11 Å². The van der Waals surface area contributed by atoms with Crippen LogP contribution in [0.3, 0.4) is 0 Å². The first-order valence-corrected chi connectivity index (χ1v) is 8.01. The van der Waals surface area contributed by atoms with Crippen LogP contribution < -0.4 is 0 Å². The molecule has 1 unspecified atom stereocenters. The molecule has 0 aliphatic carbocycles. The number of aromatic nitrogens is 2. The highest BCUT2D eigenvalue weighted by Gasteiger charge is 2.20. The van der Waals surface area contributed by atoms with E-state index in [0.717, 1.165) is 44.1 Å². The Hall–Kier alpha value is -1.08. The quantitative estimate of drug-likeness (QED) is 0.765. The van der Waals surface area contributed by atoms with Crippen molar-refractivity contribution >= 4 is 0 Å². The Kier molecular flexibility index (Phi) is 7.18. The molecule has 6 heteroatoms. The maximum absolute atomic E-state index is 9.07. The first-order valence-electron chi connectivity index (χ1n) is 8.01. The SMILES string of the molecule is COCc1ncc(CN(C)CC2CCCN(CCO)C2)cn1. The van der Waals surface area contributed by atoms with Crippen molar-refractivity contribution in [2.45, 2.75) is 26.0 Å². The molecule has 0 aromatic carbocycles. The summed E-state index contributed by atoms with van der Waals surface area (Å²) in [5, 5.41) is 9.07. The Labute approximate surface area is 133 Å². The number of nitrogens with zero attached hydrogens (tertiary/aromatic N) is 4. The average molecular weight is 308 g/mol. The molecule has 124 valence electrons. The fourth-order valence-electron chi connectivity index (χ4n) is 3.13. The van der Waals surface area contributed by atoms with Gasteiger partial charge in [-0.1, -0.05) is 0 Å². The molecular formula is C16H28N4O2. The molecule has 0 spiro atoms. The standard InChI is InChI=1S/C16H28N4O2/c1-19(10-14-4-3-5-20(12-14)6-7-21)11-15-8-17-16(13-22-2)18-9-15/h8-9,14,21H,3-7,10-13H2,1-2H3. The van der Waals surface area contributed by atoms with Gasteiger partial charge in [0.1, 0.15) is 6.61 Å². The molecule has 1 fully saturated rings. The Morgan fingerprint density at radius 1 is 1.41 bits per heavy atom. The maximum atomic E-state index is 9.07. The van der Waals surface area contributed by atoms with Gasteiger partial charge in [0.05, 0.1) is 6.61 Å². The molecule has 1 aliphatic rings. The summed E-state index contributed by atoms with van der Waals surface area (Å²) in [4.78, 5) is 13.3. The van der Waals surface area contributed by atoms with Gasteiger partial charge >= 0.3 is 0 Å². The van der Waals surface area contributed by atoms with Crippen molar-refractivity contribution < 1.29 is 9.84 Å². The fourth-order valence-corrected chi connectivity index (χ4v) is 3.13. The van der Waals surface area contributed by atoms with Crippen molar-refractivity contribution in [2.24, 2.45) is 5.92 Å². The van der Waals surface area contributed by atoms with Crippen LogP contribution >= 0.6 is 0 Å². The van der Waals surface area contributed by atoms with Crippen LogP contribution in [0.4, 0.5) is 0 Å². The Morgan fingerprint density at radius 3 is 2.86 bits per heavy atom. The fraction of sp³-hybridized carbons (Fsp3) is 0.750. The lowest BCUT2D eigenvalue weighted by atomic mass is 9.97. The number of hydrogen-bond acceptors (Lipinski definition) is 6. The Morgan fingerprint density at radius 2 is 2.18 bits per heavy atom. The summed E-state index contributed by atoms with van der Waals surface area (Å²) in [5.41, 5.74) is 1.13. The van der Waals surface area contributed by atoms with Gasteiger partial charge in [0.25, 0.3) is 0 Å². The van der Waals surface area contributed by atoms with Crippen LogP contribution in [0.1, 0.15) is 24.2 Å². The number of hydrogen-bond donors (Lipinski definition) is 1. The third-order valence-corrected chi connectivity index (χ3v) is 4.07. The predicted molar refractivity (Wildman–Crippen MR) is 85.3 cm³/mol. The van der Waals surface area contributed by atoms with Gasteiger partial charge in [0, 0.05) is 51.2 Å². The van der Waals surface area contributed by atoms with Crippen LogP contribution in [0.25, 0.3) is 0 Å². The summed E-state index contributed by atoms with van der Waals surface area (Å²) in [6, 6.07) is 0. The number of methoxy groups -OCH3 is 1. The molecule has 0 radical (unpaired) electrons. The summed E-state index contributed by atoms with van der Waals surface area (Å²) >= 11 is 0. The highest BCUT2D eigenvalue weighted by atomic mass is 16.5. The zero-order valence-electron chi connectivity index (χ0n) is 13.7.